The molecule has 1 aromatic rings. The molecule has 0 aliphatic carbocycles. The second-order valence-corrected chi connectivity index (χ2v) is 7.02. The molecule has 1 heterocycles. The van der Waals surface area contributed by atoms with E-state index >= 15 is 0 Å². The maximum Gasteiger partial charge on any atom is 0.278 e. The summed E-state index contributed by atoms with van der Waals surface area (Å²) in [4.78, 5) is 10.4. The van der Waals surface area contributed by atoms with Gasteiger partial charge in [-0.2, -0.15) is 0 Å². The summed E-state index contributed by atoms with van der Waals surface area (Å²) >= 11 is 5.79. The zero-order valence-electron chi connectivity index (χ0n) is 14.2. The van der Waals surface area contributed by atoms with Crippen molar-refractivity contribution < 1.29 is 9.53 Å². The van der Waals surface area contributed by atoms with Gasteiger partial charge in [-0.15, -0.1) is 0 Å². The molecule has 0 amide bonds. The number of carbonyl (C=O) groups is 1. The van der Waals surface area contributed by atoms with Crippen LogP contribution < -0.4 is 0 Å². The van der Waals surface area contributed by atoms with E-state index in [1.165, 1.54) is 5.56 Å². The van der Waals surface area contributed by atoms with Crippen molar-refractivity contribution in [2.45, 2.75) is 57.3 Å². The summed E-state index contributed by atoms with van der Waals surface area (Å²) in [5.74, 6) is 2.20. The van der Waals surface area contributed by atoms with Crippen molar-refractivity contribution in [3.8, 4) is 5.97 Å². The SMILES string of the molecule is COC(C)(C)Cc1ccc(Cl)cc1.N#CB1CCCCC1C=O. The summed E-state index contributed by atoms with van der Waals surface area (Å²) in [6, 6.07) is 7.87. The number of methoxy groups -OCH3 is 1. The van der Waals surface area contributed by atoms with Crippen LogP contribution in [0, 0.1) is 11.2 Å². The monoisotopic (exact) mass is 333 g/mol. The normalized spacial score (nSPS) is 17.7. The van der Waals surface area contributed by atoms with Crippen LogP contribution in [0.5, 0.6) is 0 Å². The molecule has 0 saturated carbocycles. The summed E-state index contributed by atoms with van der Waals surface area (Å²) in [6.07, 6.45) is 5.90. The predicted octanol–water partition coefficient (Wildman–Crippen LogP) is 4.60. The lowest BCUT2D eigenvalue weighted by atomic mass is 9.37. The molecule has 0 spiro atoms. The Hall–Kier alpha value is -1.31. The van der Waals surface area contributed by atoms with Gasteiger partial charge in [0.25, 0.3) is 6.71 Å². The fourth-order valence-corrected chi connectivity index (χ4v) is 2.77. The van der Waals surface area contributed by atoms with Gasteiger partial charge in [-0.25, -0.2) is 5.26 Å². The minimum atomic E-state index is -0.103. The lowest BCUT2D eigenvalue weighted by Gasteiger charge is -2.22. The first-order valence-electron chi connectivity index (χ1n) is 8.06. The predicted molar refractivity (Wildman–Crippen MR) is 96.1 cm³/mol. The van der Waals surface area contributed by atoms with Crippen molar-refractivity contribution in [1.29, 1.82) is 5.26 Å². The number of aldehydes is 1. The molecule has 1 aliphatic heterocycles. The van der Waals surface area contributed by atoms with Gasteiger partial charge < -0.3 is 9.53 Å². The average Bonchev–Trinajstić information content (AvgIpc) is 2.57. The van der Waals surface area contributed by atoms with E-state index < -0.39 is 0 Å². The van der Waals surface area contributed by atoms with Gasteiger partial charge in [0.05, 0.1) is 5.60 Å². The van der Waals surface area contributed by atoms with E-state index in [4.69, 9.17) is 21.6 Å². The average molecular weight is 334 g/mol. The van der Waals surface area contributed by atoms with Gasteiger partial charge in [-0.1, -0.05) is 42.9 Å². The Morgan fingerprint density at radius 1 is 1.39 bits per heavy atom. The molecule has 1 aliphatic rings. The van der Waals surface area contributed by atoms with Crippen LogP contribution >= 0.6 is 11.6 Å². The highest BCUT2D eigenvalue weighted by Crippen LogP contribution is 2.26. The maximum absolute atomic E-state index is 10.4. The first-order valence-corrected chi connectivity index (χ1v) is 8.44. The molecule has 124 valence electrons. The summed E-state index contributed by atoms with van der Waals surface area (Å²) in [7, 11) is 1.73. The van der Waals surface area contributed by atoms with Crippen LogP contribution in [0.1, 0.15) is 38.7 Å². The fourth-order valence-electron chi connectivity index (χ4n) is 2.65. The molecule has 0 aromatic heterocycles. The van der Waals surface area contributed by atoms with Crippen LogP contribution in [0.15, 0.2) is 24.3 Å². The molecular formula is C18H25BClNO2. The third kappa shape index (κ3) is 7.20. The third-order valence-electron chi connectivity index (χ3n) is 4.26. The lowest BCUT2D eigenvalue weighted by molar-refractivity contribution is -0.108. The van der Waals surface area contributed by atoms with Crippen LogP contribution in [0.3, 0.4) is 0 Å². The first-order chi connectivity index (χ1) is 10.9. The molecule has 0 radical (unpaired) electrons. The number of hydrogen-bond acceptors (Lipinski definition) is 3. The minimum absolute atomic E-state index is 0.00579. The topological polar surface area (TPSA) is 50.1 Å². The molecule has 1 unspecified atom stereocenters. The van der Waals surface area contributed by atoms with Crippen LogP contribution in [0.4, 0.5) is 0 Å². The van der Waals surface area contributed by atoms with Crippen molar-refractivity contribution >= 4 is 24.6 Å². The Kier molecular flexibility index (Phi) is 8.37. The molecule has 1 saturated heterocycles. The molecule has 0 bridgehead atoms. The van der Waals surface area contributed by atoms with Crippen LogP contribution in [-0.4, -0.2) is 25.7 Å². The van der Waals surface area contributed by atoms with Crippen LogP contribution in [0.2, 0.25) is 17.2 Å². The molecule has 1 atom stereocenters. The van der Waals surface area contributed by atoms with E-state index in [9.17, 15) is 4.79 Å². The number of benzene rings is 1. The number of nitriles is 1. The molecule has 3 nitrogen and oxygen atoms in total. The van der Waals surface area contributed by atoms with E-state index in [-0.39, 0.29) is 18.1 Å². The second-order valence-electron chi connectivity index (χ2n) is 6.59. The van der Waals surface area contributed by atoms with Gasteiger partial charge in [0.1, 0.15) is 6.29 Å². The number of ether oxygens (including phenoxy) is 1. The third-order valence-corrected chi connectivity index (χ3v) is 4.51. The Labute approximate surface area is 145 Å². The van der Waals surface area contributed by atoms with Crippen LogP contribution in [0.25, 0.3) is 0 Å². The van der Waals surface area contributed by atoms with Gasteiger partial charge in [0, 0.05) is 30.3 Å². The van der Waals surface area contributed by atoms with E-state index in [2.05, 4.69) is 19.8 Å². The van der Waals surface area contributed by atoms with Crippen molar-refractivity contribution in [3.05, 3.63) is 34.9 Å². The standard InChI is InChI=1S/C11H15ClO.C7H10BNO/c1-11(2,13-3)8-9-4-6-10(12)7-5-9;9-6-8-4-2-1-3-7(8)5-10/h4-7H,8H2,1-3H3;5,7H,1-4H2. The molecular weight excluding hydrogens is 308 g/mol. The summed E-state index contributed by atoms with van der Waals surface area (Å²) < 4.78 is 5.34. The molecule has 1 fully saturated rings. The number of halogens is 1. The number of hydrogen-bond donors (Lipinski definition) is 0. The second kappa shape index (κ2) is 9.75. The zero-order chi connectivity index (χ0) is 17.3. The number of carbonyl (C=O) groups excluding carboxylic acids is 1. The highest BCUT2D eigenvalue weighted by atomic mass is 35.5. The lowest BCUT2D eigenvalue weighted by Crippen LogP contribution is -2.25. The molecule has 0 N–H and O–H groups in total. The van der Waals surface area contributed by atoms with Crippen molar-refractivity contribution in [3.63, 3.8) is 0 Å². The zero-order valence-corrected chi connectivity index (χ0v) is 15.0. The van der Waals surface area contributed by atoms with E-state index in [1.54, 1.807) is 7.11 Å². The Balaban J connectivity index is 0.000000238. The molecule has 23 heavy (non-hydrogen) atoms. The molecule has 5 heteroatoms. The highest BCUT2D eigenvalue weighted by molar-refractivity contribution is 6.71. The molecule has 1 aromatic carbocycles. The van der Waals surface area contributed by atoms with Gasteiger partial charge in [0.2, 0.25) is 0 Å². The smallest absolute Gasteiger partial charge is 0.278 e. The van der Waals surface area contributed by atoms with Crippen molar-refractivity contribution in [2.24, 2.45) is 0 Å². The highest BCUT2D eigenvalue weighted by Gasteiger charge is 2.28. The van der Waals surface area contributed by atoms with Crippen molar-refractivity contribution in [1.82, 2.24) is 0 Å². The van der Waals surface area contributed by atoms with Gasteiger partial charge in [-0.3, -0.25) is 0 Å². The first kappa shape index (κ1) is 19.7. The Bertz CT molecular complexity index is 525. The summed E-state index contributed by atoms with van der Waals surface area (Å²) in [6.45, 7) is 4.15. The van der Waals surface area contributed by atoms with Crippen molar-refractivity contribution in [2.75, 3.05) is 7.11 Å². The largest absolute Gasteiger partial charge is 0.378 e. The summed E-state index contributed by atoms with van der Waals surface area (Å²) in [5.41, 5.74) is 1.14. The maximum atomic E-state index is 10.4. The van der Waals surface area contributed by atoms with Crippen LogP contribution in [-0.2, 0) is 16.0 Å². The minimum Gasteiger partial charge on any atom is -0.378 e. The number of nitrogens with zero attached hydrogens (tertiary/aromatic N) is 1. The van der Waals surface area contributed by atoms with Gasteiger partial charge in [-0.05, 0) is 38.0 Å². The quantitative estimate of drug-likeness (QED) is 0.597. The van der Waals surface area contributed by atoms with E-state index in [0.717, 1.165) is 43.3 Å². The Morgan fingerprint density at radius 2 is 2.04 bits per heavy atom. The summed E-state index contributed by atoms with van der Waals surface area (Å²) in [5, 5.41) is 9.36. The van der Waals surface area contributed by atoms with Gasteiger partial charge >= 0.3 is 0 Å². The fraction of sp³-hybridized carbons (Fsp3) is 0.556. The Morgan fingerprint density at radius 3 is 2.52 bits per heavy atom. The number of rotatable bonds is 4. The van der Waals surface area contributed by atoms with Gasteiger partial charge in [0.15, 0.2) is 0 Å². The van der Waals surface area contributed by atoms with E-state index in [1.807, 2.05) is 24.3 Å². The van der Waals surface area contributed by atoms with E-state index in [0.29, 0.717) is 0 Å². The molecule has 2 rings (SSSR count).